The van der Waals surface area contributed by atoms with Gasteiger partial charge in [-0.1, -0.05) is 54.6 Å². The first-order valence-electron chi connectivity index (χ1n) is 8.88. The van der Waals surface area contributed by atoms with Gasteiger partial charge in [0, 0.05) is 12.5 Å². The molecule has 0 unspecified atom stereocenters. The van der Waals surface area contributed by atoms with Crippen molar-refractivity contribution >= 4 is 35.0 Å². The smallest absolute Gasteiger partial charge is 0.247 e. The van der Waals surface area contributed by atoms with Crippen molar-refractivity contribution in [2.45, 2.75) is 25.2 Å². The zero-order chi connectivity index (χ0) is 20.5. The number of para-hydroxylation sites is 1. The maximum atomic E-state index is 14.8. The Morgan fingerprint density at radius 2 is 2.03 bits per heavy atom. The number of anilines is 1. The maximum absolute atomic E-state index is 14.8. The number of halogens is 2. The molecule has 0 fully saturated rings. The Balaban J connectivity index is 1.99. The van der Waals surface area contributed by atoms with E-state index in [1.165, 1.54) is 35.7 Å². The quantitative estimate of drug-likeness (QED) is 0.551. The number of nitrogens with zero attached hydrogens (tertiary/aromatic N) is 4. The molecule has 9 heteroatoms. The minimum absolute atomic E-state index is 0.0512. The predicted molar refractivity (Wildman–Crippen MR) is 110 cm³/mol. The summed E-state index contributed by atoms with van der Waals surface area (Å²) in [6, 6.07) is 11.5. The second-order valence-electron chi connectivity index (χ2n) is 6.19. The highest BCUT2D eigenvalue weighted by Gasteiger charge is 2.37. The van der Waals surface area contributed by atoms with E-state index in [9.17, 15) is 9.18 Å². The third-order valence-corrected chi connectivity index (χ3v) is 5.42. The largest absolute Gasteiger partial charge is 0.447 e. The molecule has 0 spiro atoms. The van der Waals surface area contributed by atoms with Crippen LogP contribution >= 0.6 is 23.4 Å². The van der Waals surface area contributed by atoms with E-state index in [0.29, 0.717) is 22.1 Å². The average Bonchev–Trinajstić information content (AvgIpc) is 2.82. The lowest BCUT2D eigenvalue weighted by atomic mass is 10.1. The molecule has 1 amide bonds. The number of hydrogen-bond donors (Lipinski definition) is 0. The normalized spacial score (nSPS) is 15.2. The minimum atomic E-state index is -1.15. The molecular weight excluding hydrogens is 415 g/mol. The lowest BCUT2D eigenvalue weighted by Gasteiger charge is -2.30. The molecule has 1 aromatic heterocycles. The molecule has 1 aliphatic rings. The van der Waals surface area contributed by atoms with Crippen LogP contribution in [0.4, 0.5) is 10.1 Å². The van der Waals surface area contributed by atoms with Crippen LogP contribution in [0.3, 0.4) is 0 Å². The Labute approximate surface area is 176 Å². The lowest BCUT2D eigenvalue weighted by Crippen LogP contribution is -2.36. The van der Waals surface area contributed by atoms with Crippen molar-refractivity contribution in [2.24, 2.45) is 0 Å². The number of ether oxygens (including phenoxy) is 1. The monoisotopic (exact) mass is 430 g/mol. The van der Waals surface area contributed by atoms with Crippen molar-refractivity contribution in [3.63, 3.8) is 0 Å². The van der Waals surface area contributed by atoms with Crippen LogP contribution in [0.15, 0.2) is 47.6 Å². The average molecular weight is 431 g/mol. The molecule has 2 heterocycles. The van der Waals surface area contributed by atoms with Gasteiger partial charge in [-0.2, -0.15) is 4.98 Å². The highest BCUT2D eigenvalue weighted by Crippen LogP contribution is 2.44. The maximum Gasteiger partial charge on any atom is 0.247 e. The van der Waals surface area contributed by atoms with Crippen LogP contribution < -0.4 is 9.64 Å². The fourth-order valence-corrected chi connectivity index (χ4v) is 3.94. The zero-order valence-corrected chi connectivity index (χ0v) is 17.2. The molecule has 3 aromatic rings. The van der Waals surface area contributed by atoms with Gasteiger partial charge in [0.05, 0.1) is 16.3 Å². The molecule has 4 rings (SSSR count). The topological polar surface area (TPSA) is 68.2 Å². The molecule has 29 heavy (non-hydrogen) atoms. The van der Waals surface area contributed by atoms with E-state index >= 15 is 0 Å². The summed E-state index contributed by atoms with van der Waals surface area (Å²) in [5.74, 6) is -0.0128. The van der Waals surface area contributed by atoms with E-state index in [1.807, 2.05) is 13.0 Å². The van der Waals surface area contributed by atoms with Crippen LogP contribution in [0.1, 0.15) is 25.6 Å². The molecule has 1 aliphatic heterocycles. The summed E-state index contributed by atoms with van der Waals surface area (Å²) < 4.78 is 20.9. The molecule has 0 N–H and O–H groups in total. The third-order valence-electron chi connectivity index (χ3n) is 4.37. The number of aromatic nitrogens is 3. The van der Waals surface area contributed by atoms with Gasteiger partial charge < -0.3 is 4.74 Å². The molecule has 6 nitrogen and oxygen atoms in total. The SMILES string of the molecule is CCSc1nnc2c(n1)O[C@H](c1c(F)cccc1Cl)N(C(C)=O)c1ccccc1-2. The molecule has 0 saturated heterocycles. The van der Waals surface area contributed by atoms with Gasteiger partial charge in [0.2, 0.25) is 23.2 Å². The third kappa shape index (κ3) is 3.54. The molecule has 0 saturated carbocycles. The summed E-state index contributed by atoms with van der Waals surface area (Å²) in [7, 11) is 0. The Hall–Kier alpha value is -2.71. The molecule has 0 bridgehead atoms. The van der Waals surface area contributed by atoms with Crippen molar-refractivity contribution < 1.29 is 13.9 Å². The standard InChI is InChI=1S/C20H16ClFN4O2S/c1-3-29-20-23-18-17(24-25-20)12-7-4-5-10-15(12)26(11(2)27)19(28-18)16-13(21)8-6-9-14(16)22/h4-10,19H,3H2,1-2H3/t19-/m1/s1. The second kappa shape index (κ2) is 7.96. The second-order valence-corrected chi connectivity index (χ2v) is 7.83. The molecule has 1 atom stereocenters. The number of carbonyl (C=O) groups excluding carboxylic acids is 1. The van der Waals surface area contributed by atoms with Gasteiger partial charge in [0.1, 0.15) is 5.82 Å². The Morgan fingerprint density at radius 3 is 2.76 bits per heavy atom. The Morgan fingerprint density at radius 1 is 1.24 bits per heavy atom. The van der Waals surface area contributed by atoms with E-state index in [1.54, 1.807) is 24.3 Å². The fraction of sp³-hybridized carbons (Fsp3) is 0.200. The van der Waals surface area contributed by atoms with Crippen molar-refractivity contribution in [3.8, 4) is 17.1 Å². The lowest BCUT2D eigenvalue weighted by molar-refractivity contribution is -0.118. The van der Waals surface area contributed by atoms with Crippen LogP contribution in [-0.2, 0) is 4.79 Å². The van der Waals surface area contributed by atoms with Crippen molar-refractivity contribution in [2.75, 3.05) is 10.7 Å². The van der Waals surface area contributed by atoms with Gasteiger partial charge in [-0.05, 0) is 24.0 Å². The van der Waals surface area contributed by atoms with E-state index in [2.05, 4.69) is 15.2 Å². The first kappa shape index (κ1) is 19.6. The minimum Gasteiger partial charge on any atom is -0.447 e. The number of fused-ring (bicyclic) bond motifs is 3. The highest BCUT2D eigenvalue weighted by molar-refractivity contribution is 7.99. The van der Waals surface area contributed by atoms with Crippen LogP contribution in [0, 0.1) is 5.82 Å². The van der Waals surface area contributed by atoms with Gasteiger partial charge in [-0.3, -0.25) is 9.69 Å². The van der Waals surface area contributed by atoms with Crippen LogP contribution in [0.5, 0.6) is 5.88 Å². The highest BCUT2D eigenvalue weighted by atomic mass is 35.5. The summed E-state index contributed by atoms with van der Waals surface area (Å²) in [4.78, 5) is 18.5. The van der Waals surface area contributed by atoms with E-state index in [0.717, 1.165) is 5.75 Å². The first-order chi connectivity index (χ1) is 14.0. The number of carbonyl (C=O) groups is 1. The summed E-state index contributed by atoms with van der Waals surface area (Å²) >= 11 is 7.71. The Bertz CT molecular complexity index is 1080. The summed E-state index contributed by atoms with van der Waals surface area (Å²) in [5.41, 5.74) is 1.55. The molecular formula is C20H16ClFN4O2S. The van der Waals surface area contributed by atoms with Crippen LogP contribution in [0.2, 0.25) is 5.02 Å². The van der Waals surface area contributed by atoms with Gasteiger partial charge >= 0.3 is 0 Å². The van der Waals surface area contributed by atoms with E-state index in [-0.39, 0.29) is 22.4 Å². The van der Waals surface area contributed by atoms with Gasteiger partial charge in [0.25, 0.3) is 0 Å². The molecule has 2 aromatic carbocycles. The Kier molecular flexibility index (Phi) is 5.38. The van der Waals surface area contributed by atoms with E-state index in [4.69, 9.17) is 16.3 Å². The number of thioether (sulfide) groups is 1. The molecule has 0 radical (unpaired) electrons. The molecule has 148 valence electrons. The summed E-state index contributed by atoms with van der Waals surface area (Å²) in [6.45, 7) is 3.35. The first-order valence-corrected chi connectivity index (χ1v) is 10.2. The van der Waals surface area contributed by atoms with Crippen molar-refractivity contribution in [1.82, 2.24) is 15.2 Å². The van der Waals surface area contributed by atoms with Crippen molar-refractivity contribution in [3.05, 3.63) is 58.9 Å². The van der Waals surface area contributed by atoms with Gasteiger partial charge in [-0.25, -0.2) is 4.39 Å². The van der Waals surface area contributed by atoms with E-state index < -0.39 is 12.0 Å². The van der Waals surface area contributed by atoms with Gasteiger partial charge in [-0.15, -0.1) is 10.2 Å². The number of benzene rings is 2. The van der Waals surface area contributed by atoms with Crippen LogP contribution in [0.25, 0.3) is 11.3 Å². The number of hydrogen-bond acceptors (Lipinski definition) is 6. The number of rotatable bonds is 3. The predicted octanol–water partition coefficient (Wildman–Crippen LogP) is 4.89. The summed E-state index contributed by atoms with van der Waals surface area (Å²) in [6.07, 6.45) is -1.15. The van der Waals surface area contributed by atoms with Gasteiger partial charge in [0.15, 0.2) is 5.69 Å². The summed E-state index contributed by atoms with van der Waals surface area (Å²) in [5, 5.41) is 9.00. The number of amides is 1. The van der Waals surface area contributed by atoms with Crippen LogP contribution in [-0.4, -0.2) is 26.8 Å². The zero-order valence-electron chi connectivity index (χ0n) is 15.6. The van der Waals surface area contributed by atoms with Crippen molar-refractivity contribution in [1.29, 1.82) is 0 Å². The fourth-order valence-electron chi connectivity index (χ4n) is 3.18. The molecule has 0 aliphatic carbocycles.